The van der Waals surface area contributed by atoms with E-state index in [1.807, 2.05) is 18.2 Å². The third-order valence-electron chi connectivity index (χ3n) is 2.33. The summed E-state index contributed by atoms with van der Waals surface area (Å²) in [4.78, 5) is 0. The minimum atomic E-state index is 0.0520. The lowest BCUT2D eigenvalue weighted by Gasteiger charge is -2.15. The summed E-state index contributed by atoms with van der Waals surface area (Å²) in [5.74, 6) is 1.27. The lowest BCUT2D eigenvalue weighted by atomic mass is 9.98. The second-order valence-electron chi connectivity index (χ2n) is 4.13. The van der Waals surface area contributed by atoms with E-state index in [0.29, 0.717) is 16.7 Å². The highest BCUT2D eigenvalue weighted by atomic mass is 35.5. The minimum Gasteiger partial charge on any atom is -0.495 e. The fourth-order valence-corrected chi connectivity index (χ4v) is 1.75. The summed E-state index contributed by atoms with van der Waals surface area (Å²) >= 11 is 5.94. The Morgan fingerprint density at radius 1 is 1.40 bits per heavy atom. The Balaban J connectivity index is 2.85. The van der Waals surface area contributed by atoms with Gasteiger partial charge >= 0.3 is 0 Å². The molecule has 0 amide bonds. The molecular formula is C12H18ClNO. The Morgan fingerprint density at radius 3 is 2.60 bits per heavy atom. The Labute approximate surface area is 96.4 Å². The number of hydrogen-bond acceptors (Lipinski definition) is 2. The predicted octanol–water partition coefficient (Wildman–Crippen LogP) is 3.39. The first kappa shape index (κ1) is 12.3. The molecule has 1 rings (SSSR count). The molecule has 2 N–H and O–H groups in total. The van der Waals surface area contributed by atoms with Crippen LogP contribution >= 0.6 is 11.6 Å². The molecule has 0 saturated carbocycles. The molecule has 0 aliphatic rings. The molecule has 2 nitrogen and oxygen atoms in total. The van der Waals surface area contributed by atoms with Crippen LogP contribution in [0.1, 0.15) is 31.9 Å². The maximum absolute atomic E-state index is 6.07. The van der Waals surface area contributed by atoms with Crippen LogP contribution in [-0.2, 0) is 0 Å². The average Bonchev–Trinajstić information content (AvgIpc) is 2.17. The zero-order chi connectivity index (χ0) is 11.4. The monoisotopic (exact) mass is 227 g/mol. The smallest absolute Gasteiger partial charge is 0.137 e. The van der Waals surface area contributed by atoms with E-state index in [0.717, 1.165) is 12.0 Å². The molecule has 1 atom stereocenters. The predicted molar refractivity (Wildman–Crippen MR) is 64.4 cm³/mol. The number of hydrogen-bond donors (Lipinski definition) is 1. The molecule has 1 aromatic rings. The van der Waals surface area contributed by atoms with Crippen molar-refractivity contribution in [1.29, 1.82) is 0 Å². The minimum absolute atomic E-state index is 0.0520. The number of rotatable bonds is 4. The van der Waals surface area contributed by atoms with Crippen molar-refractivity contribution in [2.45, 2.75) is 26.3 Å². The molecule has 0 aliphatic carbocycles. The third kappa shape index (κ3) is 3.40. The van der Waals surface area contributed by atoms with Crippen LogP contribution in [0.5, 0.6) is 5.75 Å². The molecule has 84 valence electrons. The quantitative estimate of drug-likeness (QED) is 0.856. The number of nitrogens with two attached hydrogens (primary N) is 1. The van der Waals surface area contributed by atoms with Crippen molar-refractivity contribution in [1.82, 2.24) is 0 Å². The van der Waals surface area contributed by atoms with Crippen molar-refractivity contribution < 1.29 is 4.74 Å². The normalized spacial score (nSPS) is 12.9. The maximum atomic E-state index is 6.07. The van der Waals surface area contributed by atoms with Crippen LogP contribution in [0.15, 0.2) is 18.2 Å². The summed E-state index contributed by atoms with van der Waals surface area (Å²) in [6.45, 7) is 4.32. The van der Waals surface area contributed by atoms with Gasteiger partial charge in [0, 0.05) is 6.04 Å². The first-order valence-corrected chi connectivity index (χ1v) is 5.51. The van der Waals surface area contributed by atoms with Gasteiger partial charge in [-0.25, -0.2) is 0 Å². The molecular weight excluding hydrogens is 210 g/mol. The molecule has 0 aliphatic heterocycles. The van der Waals surface area contributed by atoms with Gasteiger partial charge in [-0.3, -0.25) is 0 Å². The molecule has 0 aromatic heterocycles. The third-order valence-corrected chi connectivity index (χ3v) is 2.64. The Bertz CT molecular complexity index is 325. The van der Waals surface area contributed by atoms with Gasteiger partial charge in [-0.05, 0) is 30.0 Å². The van der Waals surface area contributed by atoms with Crippen LogP contribution in [0.25, 0.3) is 0 Å². The van der Waals surface area contributed by atoms with Gasteiger partial charge in [-0.1, -0.05) is 31.5 Å². The summed E-state index contributed by atoms with van der Waals surface area (Å²) in [5, 5.41) is 0.623. The summed E-state index contributed by atoms with van der Waals surface area (Å²) in [7, 11) is 1.61. The van der Waals surface area contributed by atoms with Gasteiger partial charge in [0.1, 0.15) is 5.75 Å². The highest BCUT2D eigenvalue weighted by Gasteiger charge is 2.10. The second kappa shape index (κ2) is 5.38. The van der Waals surface area contributed by atoms with Gasteiger partial charge in [0.05, 0.1) is 12.1 Å². The lowest BCUT2D eigenvalue weighted by Crippen LogP contribution is -2.12. The highest BCUT2D eigenvalue weighted by Crippen LogP contribution is 2.28. The van der Waals surface area contributed by atoms with E-state index in [-0.39, 0.29) is 6.04 Å². The number of benzene rings is 1. The number of methoxy groups -OCH3 is 1. The van der Waals surface area contributed by atoms with Crippen molar-refractivity contribution in [3.05, 3.63) is 28.8 Å². The van der Waals surface area contributed by atoms with Gasteiger partial charge in [0.25, 0.3) is 0 Å². The van der Waals surface area contributed by atoms with Crippen molar-refractivity contribution in [3.63, 3.8) is 0 Å². The summed E-state index contributed by atoms with van der Waals surface area (Å²) in [5.41, 5.74) is 7.14. The molecule has 15 heavy (non-hydrogen) atoms. The van der Waals surface area contributed by atoms with Gasteiger partial charge in [0.2, 0.25) is 0 Å². The van der Waals surface area contributed by atoms with Crippen LogP contribution in [0.2, 0.25) is 5.02 Å². The molecule has 0 spiro atoms. The Hall–Kier alpha value is -0.730. The highest BCUT2D eigenvalue weighted by molar-refractivity contribution is 6.32. The fraction of sp³-hybridized carbons (Fsp3) is 0.500. The molecule has 0 radical (unpaired) electrons. The lowest BCUT2D eigenvalue weighted by molar-refractivity contribution is 0.413. The molecule has 3 heteroatoms. The van der Waals surface area contributed by atoms with E-state index in [1.54, 1.807) is 7.11 Å². The zero-order valence-electron chi connectivity index (χ0n) is 9.46. The summed E-state index contributed by atoms with van der Waals surface area (Å²) in [6.07, 6.45) is 0.963. The fourth-order valence-electron chi connectivity index (χ4n) is 1.55. The van der Waals surface area contributed by atoms with Crippen LogP contribution in [0.3, 0.4) is 0 Å². The van der Waals surface area contributed by atoms with Gasteiger partial charge in [0.15, 0.2) is 0 Å². The Morgan fingerprint density at radius 2 is 2.07 bits per heavy atom. The summed E-state index contributed by atoms with van der Waals surface area (Å²) < 4.78 is 5.15. The van der Waals surface area contributed by atoms with Crippen molar-refractivity contribution >= 4 is 11.6 Å². The number of halogens is 1. The van der Waals surface area contributed by atoms with Crippen LogP contribution in [0.4, 0.5) is 0 Å². The van der Waals surface area contributed by atoms with E-state index in [4.69, 9.17) is 22.1 Å². The van der Waals surface area contributed by atoms with E-state index in [2.05, 4.69) is 13.8 Å². The van der Waals surface area contributed by atoms with Gasteiger partial charge < -0.3 is 10.5 Å². The number of ether oxygens (including phenoxy) is 1. The topological polar surface area (TPSA) is 35.2 Å². The molecule has 0 heterocycles. The molecule has 0 fully saturated rings. The largest absolute Gasteiger partial charge is 0.495 e. The van der Waals surface area contributed by atoms with Crippen molar-refractivity contribution in [2.75, 3.05) is 7.11 Å². The van der Waals surface area contributed by atoms with Gasteiger partial charge in [-0.2, -0.15) is 0 Å². The molecule has 1 aromatic carbocycles. The van der Waals surface area contributed by atoms with Crippen LogP contribution < -0.4 is 10.5 Å². The maximum Gasteiger partial charge on any atom is 0.137 e. The zero-order valence-corrected chi connectivity index (χ0v) is 10.2. The van der Waals surface area contributed by atoms with Crippen LogP contribution in [0, 0.1) is 5.92 Å². The van der Waals surface area contributed by atoms with E-state index in [9.17, 15) is 0 Å². The van der Waals surface area contributed by atoms with E-state index >= 15 is 0 Å². The van der Waals surface area contributed by atoms with Crippen molar-refractivity contribution in [2.24, 2.45) is 11.7 Å². The van der Waals surface area contributed by atoms with Crippen molar-refractivity contribution in [3.8, 4) is 5.75 Å². The molecule has 0 saturated heterocycles. The Kier molecular flexibility index (Phi) is 4.43. The van der Waals surface area contributed by atoms with E-state index in [1.165, 1.54) is 0 Å². The van der Waals surface area contributed by atoms with E-state index < -0.39 is 0 Å². The summed E-state index contributed by atoms with van der Waals surface area (Å²) in [6, 6.07) is 5.75. The van der Waals surface area contributed by atoms with Crippen LogP contribution in [-0.4, -0.2) is 7.11 Å². The first-order valence-electron chi connectivity index (χ1n) is 5.13. The second-order valence-corrected chi connectivity index (χ2v) is 4.54. The first-order chi connectivity index (χ1) is 7.04. The SMILES string of the molecule is COc1cc([C@H](N)CC(C)C)ccc1Cl. The average molecular weight is 228 g/mol. The molecule has 0 bridgehead atoms. The molecule has 0 unspecified atom stereocenters. The standard InChI is InChI=1S/C12H18ClNO/c1-8(2)6-11(14)9-4-5-10(13)12(7-9)15-3/h4-5,7-8,11H,6,14H2,1-3H3/t11-/m1/s1. The van der Waals surface area contributed by atoms with Gasteiger partial charge in [-0.15, -0.1) is 0 Å².